The molecule has 1 aromatic heterocycles. The fourth-order valence-corrected chi connectivity index (χ4v) is 3.65. The second kappa shape index (κ2) is 5.43. The predicted molar refractivity (Wildman–Crippen MR) is 86.1 cm³/mol. The minimum atomic E-state index is 0.602. The highest BCUT2D eigenvalue weighted by Crippen LogP contribution is 2.36. The zero-order valence-corrected chi connectivity index (χ0v) is 12.7. The first-order chi connectivity index (χ1) is 9.69. The lowest BCUT2D eigenvalue weighted by molar-refractivity contribution is 0.392. The molecule has 1 fully saturated rings. The molecule has 1 aromatic carbocycles. The van der Waals surface area contributed by atoms with Crippen molar-refractivity contribution < 1.29 is 0 Å². The minimum absolute atomic E-state index is 0.602. The van der Waals surface area contributed by atoms with E-state index in [4.69, 9.17) is 0 Å². The highest BCUT2D eigenvalue weighted by Gasteiger charge is 2.31. The van der Waals surface area contributed by atoms with Crippen molar-refractivity contribution in [1.29, 1.82) is 0 Å². The molecular weight excluding hydrogens is 244 g/mol. The quantitative estimate of drug-likeness (QED) is 0.866. The molecule has 1 heterocycles. The summed E-state index contributed by atoms with van der Waals surface area (Å²) in [7, 11) is 0. The van der Waals surface area contributed by atoms with Crippen LogP contribution in [0.5, 0.6) is 0 Å². The molecule has 2 aromatic rings. The van der Waals surface area contributed by atoms with E-state index in [1.807, 2.05) is 0 Å². The van der Waals surface area contributed by atoms with Gasteiger partial charge in [0.1, 0.15) is 0 Å². The SMILES string of the molecule is CCC1CCC(Nc2cc(C)nc3ccccc23)C1C. The molecule has 0 bridgehead atoms. The fourth-order valence-electron chi connectivity index (χ4n) is 3.65. The van der Waals surface area contributed by atoms with Crippen LogP contribution in [-0.2, 0) is 0 Å². The van der Waals surface area contributed by atoms with E-state index in [-0.39, 0.29) is 0 Å². The molecule has 106 valence electrons. The summed E-state index contributed by atoms with van der Waals surface area (Å²) in [5.74, 6) is 1.63. The first-order valence-electron chi connectivity index (χ1n) is 7.82. The highest BCUT2D eigenvalue weighted by molar-refractivity contribution is 5.91. The van der Waals surface area contributed by atoms with Crippen LogP contribution in [0.2, 0.25) is 0 Å². The smallest absolute Gasteiger partial charge is 0.0725 e. The molecule has 1 aliphatic carbocycles. The molecule has 0 amide bonds. The minimum Gasteiger partial charge on any atom is -0.381 e. The van der Waals surface area contributed by atoms with Gasteiger partial charge in [-0.1, -0.05) is 38.5 Å². The van der Waals surface area contributed by atoms with Gasteiger partial charge in [-0.25, -0.2) is 0 Å². The van der Waals surface area contributed by atoms with Gasteiger partial charge >= 0.3 is 0 Å². The van der Waals surface area contributed by atoms with Gasteiger partial charge in [0, 0.05) is 22.8 Å². The standard InChI is InChI=1S/C18H24N2/c1-4-14-9-10-16(13(14)3)20-18-11-12(2)19-17-8-6-5-7-15(17)18/h5-8,11,13-14,16H,4,9-10H2,1-3H3,(H,19,20). The molecule has 3 unspecified atom stereocenters. The Kier molecular flexibility index (Phi) is 3.64. The zero-order chi connectivity index (χ0) is 14.1. The first-order valence-corrected chi connectivity index (χ1v) is 7.82. The molecular formula is C18H24N2. The van der Waals surface area contributed by atoms with E-state index in [1.54, 1.807) is 0 Å². The van der Waals surface area contributed by atoms with Gasteiger partial charge in [-0.05, 0) is 43.7 Å². The summed E-state index contributed by atoms with van der Waals surface area (Å²) in [6.45, 7) is 6.79. The van der Waals surface area contributed by atoms with Gasteiger partial charge in [-0.2, -0.15) is 0 Å². The number of hydrogen-bond donors (Lipinski definition) is 1. The van der Waals surface area contributed by atoms with E-state index in [0.717, 1.165) is 23.0 Å². The second-order valence-corrected chi connectivity index (χ2v) is 6.18. The lowest BCUT2D eigenvalue weighted by Gasteiger charge is -2.23. The van der Waals surface area contributed by atoms with Crippen LogP contribution in [0.1, 0.15) is 38.8 Å². The Morgan fingerprint density at radius 2 is 2.05 bits per heavy atom. The maximum absolute atomic E-state index is 4.62. The average Bonchev–Trinajstić information content (AvgIpc) is 2.79. The number of hydrogen-bond acceptors (Lipinski definition) is 2. The van der Waals surface area contributed by atoms with Gasteiger partial charge in [0.25, 0.3) is 0 Å². The zero-order valence-electron chi connectivity index (χ0n) is 12.7. The average molecular weight is 268 g/mol. The summed E-state index contributed by atoms with van der Waals surface area (Å²) in [5, 5.41) is 5.04. The van der Waals surface area contributed by atoms with Gasteiger partial charge < -0.3 is 5.32 Å². The number of pyridine rings is 1. The fraction of sp³-hybridized carbons (Fsp3) is 0.500. The van der Waals surface area contributed by atoms with E-state index in [0.29, 0.717) is 6.04 Å². The Balaban J connectivity index is 1.91. The molecule has 2 nitrogen and oxygen atoms in total. The molecule has 1 aliphatic rings. The van der Waals surface area contributed by atoms with Crippen LogP contribution in [0.3, 0.4) is 0 Å². The van der Waals surface area contributed by atoms with Crippen LogP contribution >= 0.6 is 0 Å². The number of aromatic nitrogens is 1. The van der Waals surface area contributed by atoms with Crippen molar-refractivity contribution in [3.8, 4) is 0 Å². The van der Waals surface area contributed by atoms with E-state index in [2.05, 4.69) is 61.4 Å². The first kappa shape index (κ1) is 13.4. The summed E-state index contributed by atoms with van der Waals surface area (Å²) in [6.07, 6.45) is 3.95. The topological polar surface area (TPSA) is 24.9 Å². The van der Waals surface area contributed by atoms with Crippen LogP contribution in [0, 0.1) is 18.8 Å². The molecule has 3 rings (SSSR count). The van der Waals surface area contributed by atoms with Crippen LogP contribution in [0.15, 0.2) is 30.3 Å². The van der Waals surface area contributed by atoms with E-state index < -0.39 is 0 Å². The van der Waals surface area contributed by atoms with Gasteiger partial charge in [-0.15, -0.1) is 0 Å². The summed E-state index contributed by atoms with van der Waals surface area (Å²) in [4.78, 5) is 4.62. The Morgan fingerprint density at radius 3 is 2.80 bits per heavy atom. The van der Waals surface area contributed by atoms with Gasteiger partial charge in [0.15, 0.2) is 0 Å². The molecule has 0 radical (unpaired) electrons. The number of anilines is 1. The summed E-state index contributed by atoms with van der Waals surface area (Å²) in [6, 6.07) is 11.2. The highest BCUT2D eigenvalue weighted by atomic mass is 14.9. The molecule has 1 saturated carbocycles. The number of nitrogens with zero attached hydrogens (tertiary/aromatic N) is 1. The Morgan fingerprint density at radius 1 is 1.25 bits per heavy atom. The van der Waals surface area contributed by atoms with E-state index in [9.17, 15) is 0 Å². The van der Waals surface area contributed by atoms with Crippen molar-refractivity contribution >= 4 is 16.6 Å². The summed E-state index contributed by atoms with van der Waals surface area (Å²) >= 11 is 0. The second-order valence-electron chi connectivity index (χ2n) is 6.18. The maximum Gasteiger partial charge on any atom is 0.0725 e. The number of fused-ring (bicyclic) bond motifs is 1. The molecule has 20 heavy (non-hydrogen) atoms. The molecule has 0 aliphatic heterocycles. The lowest BCUT2D eigenvalue weighted by Crippen LogP contribution is -2.24. The van der Waals surface area contributed by atoms with Crippen molar-refractivity contribution in [3.63, 3.8) is 0 Å². The Labute approximate surface area is 121 Å². The monoisotopic (exact) mass is 268 g/mol. The van der Waals surface area contributed by atoms with Crippen LogP contribution < -0.4 is 5.32 Å². The Bertz CT molecular complexity index is 605. The van der Waals surface area contributed by atoms with Crippen LogP contribution in [-0.4, -0.2) is 11.0 Å². The normalized spacial score (nSPS) is 26.1. The number of nitrogens with one attached hydrogen (secondary N) is 1. The third kappa shape index (κ3) is 2.39. The Hall–Kier alpha value is -1.57. The number of aryl methyl sites for hydroxylation is 1. The number of para-hydroxylation sites is 1. The molecule has 0 saturated heterocycles. The van der Waals surface area contributed by atoms with Crippen LogP contribution in [0.25, 0.3) is 10.9 Å². The van der Waals surface area contributed by atoms with Crippen molar-refractivity contribution in [2.45, 2.75) is 46.1 Å². The van der Waals surface area contributed by atoms with Crippen molar-refractivity contribution in [2.75, 3.05) is 5.32 Å². The largest absolute Gasteiger partial charge is 0.381 e. The summed E-state index contributed by atoms with van der Waals surface area (Å²) < 4.78 is 0. The van der Waals surface area contributed by atoms with Gasteiger partial charge in [0.2, 0.25) is 0 Å². The van der Waals surface area contributed by atoms with Gasteiger partial charge in [0.05, 0.1) is 5.52 Å². The van der Waals surface area contributed by atoms with Crippen molar-refractivity contribution in [2.24, 2.45) is 11.8 Å². The van der Waals surface area contributed by atoms with Crippen LogP contribution in [0.4, 0.5) is 5.69 Å². The third-order valence-corrected chi connectivity index (χ3v) is 4.94. The number of benzene rings is 1. The van der Waals surface area contributed by atoms with Gasteiger partial charge in [-0.3, -0.25) is 4.98 Å². The molecule has 0 spiro atoms. The number of rotatable bonds is 3. The van der Waals surface area contributed by atoms with Crippen molar-refractivity contribution in [1.82, 2.24) is 4.98 Å². The lowest BCUT2D eigenvalue weighted by atomic mass is 9.93. The molecule has 3 atom stereocenters. The molecule has 1 N–H and O–H groups in total. The third-order valence-electron chi connectivity index (χ3n) is 4.94. The molecule has 2 heteroatoms. The summed E-state index contributed by atoms with van der Waals surface area (Å²) in [5.41, 5.74) is 3.43. The van der Waals surface area contributed by atoms with Crippen molar-refractivity contribution in [3.05, 3.63) is 36.0 Å². The predicted octanol–water partition coefficient (Wildman–Crippen LogP) is 4.78. The maximum atomic E-state index is 4.62. The van der Waals surface area contributed by atoms with E-state index >= 15 is 0 Å². The van der Waals surface area contributed by atoms with E-state index in [1.165, 1.54) is 30.3 Å².